The number of hydrogen-bond acceptors (Lipinski definition) is 6. The summed E-state index contributed by atoms with van der Waals surface area (Å²) in [4.78, 5) is 29.7. The number of hydrogen-bond donors (Lipinski definition) is 2. The Morgan fingerprint density at radius 1 is 1.22 bits per heavy atom. The van der Waals surface area contributed by atoms with Gasteiger partial charge in [-0.1, -0.05) is 30.3 Å². The third-order valence-electron chi connectivity index (χ3n) is 3.13. The topological polar surface area (TPSA) is 76.1 Å². The summed E-state index contributed by atoms with van der Waals surface area (Å²) in [7, 11) is 1.31. The third kappa shape index (κ3) is 4.70. The average molecular weight is 341 g/mol. The molecule has 1 rings (SSSR count). The molecule has 128 valence electrons. The summed E-state index contributed by atoms with van der Waals surface area (Å²) in [6.45, 7) is 5.11. The van der Waals surface area contributed by atoms with Gasteiger partial charge in [-0.05, 0) is 26.3 Å². The monoisotopic (exact) mass is 341 g/mol. The second-order valence-electron chi connectivity index (χ2n) is 6.03. The smallest absolute Gasteiger partial charge is 0.342 e. The van der Waals surface area contributed by atoms with Crippen LogP contribution in [-0.4, -0.2) is 46.1 Å². The van der Waals surface area contributed by atoms with Gasteiger partial charge in [-0.2, -0.15) is 17.7 Å². The second kappa shape index (κ2) is 7.81. The van der Waals surface area contributed by atoms with Crippen molar-refractivity contribution in [2.75, 3.05) is 12.9 Å². The van der Waals surface area contributed by atoms with Gasteiger partial charge in [-0.25, -0.2) is 9.59 Å². The van der Waals surface area contributed by atoms with Crippen molar-refractivity contribution in [1.29, 1.82) is 0 Å². The quantitative estimate of drug-likeness (QED) is 0.342. The Kier molecular flexibility index (Phi) is 6.61. The Morgan fingerprint density at radius 3 is 2.17 bits per heavy atom. The lowest BCUT2D eigenvalue weighted by Crippen LogP contribution is -2.62. The fourth-order valence-corrected chi connectivity index (χ4v) is 2.40. The lowest BCUT2D eigenvalue weighted by atomic mass is 10.0. The van der Waals surface area contributed by atoms with Crippen molar-refractivity contribution >= 4 is 24.6 Å². The first-order valence-corrected chi connectivity index (χ1v) is 7.74. The molecule has 0 unspecified atom stereocenters. The van der Waals surface area contributed by atoms with Crippen molar-refractivity contribution in [3.05, 3.63) is 35.9 Å². The maximum atomic E-state index is 12.6. The van der Waals surface area contributed by atoms with E-state index in [0.717, 1.165) is 10.6 Å². The van der Waals surface area contributed by atoms with E-state index in [1.807, 2.05) is 30.3 Å². The summed E-state index contributed by atoms with van der Waals surface area (Å²) >= 11 is 4.09. The second-order valence-corrected chi connectivity index (χ2v) is 6.35. The van der Waals surface area contributed by atoms with Gasteiger partial charge in [0.15, 0.2) is 0 Å². The van der Waals surface area contributed by atoms with Crippen molar-refractivity contribution in [1.82, 2.24) is 5.06 Å². The number of benzene rings is 1. The molecule has 0 amide bonds. The molecule has 0 heterocycles. The third-order valence-corrected chi connectivity index (χ3v) is 3.59. The highest BCUT2D eigenvalue weighted by molar-refractivity contribution is 7.80. The van der Waals surface area contributed by atoms with Crippen molar-refractivity contribution in [3.8, 4) is 0 Å². The molecule has 0 saturated heterocycles. The maximum absolute atomic E-state index is 12.6. The number of carbonyl (C=O) groups excluding carboxylic acids is 1. The highest BCUT2D eigenvalue weighted by atomic mass is 32.1. The Labute approximate surface area is 141 Å². The van der Waals surface area contributed by atoms with Crippen molar-refractivity contribution in [2.24, 2.45) is 0 Å². The lowest BCUT2D eigenvalue weighted by molar-refractivity contribution is -0.228. The molecular formula is C16H23NO5S. The van der Waals surface area contributed by atoms with Crippen LogP contribution in [-0.2, 0) is 25.7 Å². The normalized spacial score (nSPS) is 14.3. The molecule has 0 aliphatic rings. The number of carbonyl (C=O) groups is 2. The van der Waals surface area contributed by atoms with Gasteiger partial charge in [-0.3, -0.25) is 0 Å². The molecule has 0 fully saturated rings. The summed E-state index contributed by atoms with van der Waals surface area (Å²) in [6, 6.07) is 9.11. The molecule has 23 heavy (non-hydrogen) atoms. The summed E-state index contributed by atoms with van der Waals surface area (Å²) in [5, 5.41) is 10.8. The first-order chi connectivity index (χ1) is 10.7. The number of rotatable bonds is 7. The van der Waals surface area contributed by atoms with Gasteiger partial charge >= 0.3 is 11.9 Å². The number of aliphatic carboxylic acids is 1. The molecule has 1 atom stereocenters. The zero-order chi connectivity index (χ0) is 17.7. The number of carboxylic acid groups (broad SMARTS) is 1. The highest BCUT2D eigenvalue weighted by Gasteiger charge is 2.54. The van der Waals surface area contributed by atoms with Crippen LogP contribution in [0.2, 0.25) is 0 Å². The lowest BCUT2D eigenvalue weighted by Gasteiger charge is -2.37. The van der Waals surface area contributed by atoms with E-state index < -0.39 is 23.1 Å². The van der Waals surface area contributed by atoms with E-state index in [1.165, 1.54) is 7.11 Å². The van der Waals surface area contributed by atoms with Crippen LogP contribution in [0, 0.1) is 0 Å². The Hall–Kier alpha value is -1.57. The van der Waals surface area contributed by atoms with Gasteiger partial charge < -0.3 is 14.7 Å². The molecule has 0 bridgehead atoms. The number of carboxylic acids is 1. The zero-order valence-electron chi connectivity index (χ0n) is 13.8. The van der Waals surface area contributed by atoms with Gasteiger partial charge in [0, 0.05) is 5.75 Å². The number of ether oxygens (including phenoxy) is 1. The Bertz CT molecular complexity index is 543. The standard InChI is InChI=1S/C16H23NO5S/c1-15(2,3)22-14(20)16(11-23,13(18)19)17(21-4)10-12-8-6-5-7-9-12/h5-9,23H,10-11H2,1-4H3,(H,18,19)/t16-/m0/s1. The number of nitrogens with zero attached hydrogens (tertiary/aromatic N) is 1. The van der Waals surface area contributed by atoms with E-state index >= 15 is 0 Å². The fourth-order valence-electron chi connectivity index (χ4n) is 1.97. The molecule has 0 radical (unpaired) electrons. The average Bonchev–Trinajstić information content (AvgIpc) is 2.46. The van der Waals surface area contributed by atoms with Crippen molar-refractivity contribution in [2.45, 2.75) is 38.5 Å². The molecule has 0 saturated carbocycles. The molecular weight excluding hydrogens is 318 g/mol. The molecule has 1 aromatic rings. The molecule has 0 aliphatic heterocycles. The number of esters is 1. The van der Waals surface area contributed by atoms with Crippen LogP contribution in [0.25, 0.3) is 0 Å². The van der Waals surface area contributed by atoms with Crippen molar-refractivity contribution in [3.63, 3.8) is 0 Å². The minimum atomic E-state index is -2.04. The molecule has 0 aliphatic carbocycles. The number of hydroxylamine groups is 2. The predicted octanol–water partition coefficient (Wildman–Crippen LogP) is 2.14. The van der Waals surface area contributed by atoms with E-state index in [1.54, 1.807) is 20.8 Å². The van der Waals surface area contributed by atoms with Crippen LogP contribution >= 0.6 is 12.6 Å². The van der Waals surface area contributed by atoms with Crippen LogP contribution in [0.4, 0.5) is 0 Å². The van der Waals surface area contributed by atoms with Crippen LogP contribution in [0.3, 0.4) is 0 Å². The van der Waals surface area contributed by atoms with Crippen LogP contribution in [0.1, 0.15) is 26.3 Å². The van der Waals surface area contributed by atoms with Gasteiger partial charge in [0.2, 0.25) is 5.54 Å². The van der Waals surface area contributed by atoms with E-state index in [0.29, 0.717) is 0 Å². The van der Waals surface area contributed by atoms with E-state index in [-0.39, 0.29) is 12.3 Å². The molecule has 0 spiro atoms. The molecule has 1 N–H and O–H groups in total. The Morgan fingerprint density at radius 2 is 1.78 bits per heavy atom. The van der Waals surface area contributed by atoms with Gasteiger partial charge in [0.1, 0.15) is 5.60 Å². The van der Waals surface area contributed by atoms with Crippen molar-refractivity contribution < 1.29 is 24.3 Å². The summed E-state index contributed by atoms with van der Waals surface area (Å²) in [5.41, 5.74) is -2.07. The SMILES string of the molecule is CON(Cc1ccccc1)[C@@](CS)(C(=O)O)C(=O)OC(C)(C)C. The fraction of sp³-hybridized carbons (Fsp3) is 0.500. The minimum Gasteiger partial charge on any atom is -0.479 e. The first kappa shape index (κ1) is 19.5. The van der Waals surface area contributed by atoms with E-state index in [4.69, 9.17) is 9.57 Å². The highest BCUT2D eigenvalue weighted by Crippen LogP contribution is 2.25. The summed E-state index contributed by atoms with van der Waals surface area (Å²) in [6.07, 6.45) is 0. The zero-order valence-corrected chi connectivity index (χ0v) is 14.7. The Balaban J connectivity index is 3.21. The minimum absolute atomic E-state index is 0.101. The molecule has 1 aromatic carbocycles. The first-order valence-electron chi connectivity index (χ1n) is 7.10. The molecule has 6 nitrogen and oxygen atoms in total. The van der Waals surface area contributed by atoms with E-state index in [9.17, 15) is 14.7 Å². The van der Waals surface area contributed by atoms with Gasteiger partial charge in [0.05, 0.1) is 13.7 Å². The predicted molar refractivity (Wildman–Crippen MR) is 89.1 cm³/mol. The number of thiol groups is 1. The largest absolute Gasteiger partial charge is 0.479 e. The summed E-state index contributed by atoms with van der Waals surface area (Å²) in [5.74, 6) is -2.58. The van der Waals surface area contributed by atoms with Crippen LogP contribution < -0.4 is 0 Å². The van der Waals surface area contributed by atoms with E-state index in [2.05, 4.69) is 12.6 Å². The molecule has 7 heteroatoms. The molecule has 0 aromatic heterocycles. The van der Waals surface area contributed by atoms with Crippen LogP contribution in [0.15, 0.2) is 30.3 Å². The van der Waals surface area contributed by atoms with Gasteiger partial charge in [-0.15, -0.1) is 0 Å². The van der Waals surface area contributed by atoms with Crippen LogP contribution in [0.5, 0.6) is 0 Å². The maximum Gasteiger partial charge on any atom is 0.342 e. The summed E-state index contributed by atoms with van der Waals surface area (Å²) < 4.78 is 5.29. The van der Waals surface area contributed by atoms with Gasteiger partial charge in [0.25, 0.3) is 0 Å².